The van der Waals surface area contributed by atoms with Crippen LogP contribution in [0.5, 0.6) is 0 Å². The number of likely N-dealkylation sites (N-methyl/N-ethyl adjacent to an activating group) is 1. The lowest BCUT2D eigenvalue weighted by molar-refractivity contribution is 0.0141. The Morgan fingerprint density at radius 1 is 1.38 bits per heavy atom. The molecule has 1 aliphatic rings. The molecule has 2 nitrogen and oxygen atoms in total. The number of unbranched alkanes of at least 4 members (excludes halogenated alkanes) is 1. The third kappa shape index (κ3) is 3.21. The summed E-state index contributed by atoms with van der Waals surface area (Å²) in [6.45, 7) is 11.7. The maximum Gasteiger partial charge on any atom is 0.0305 e. The average molecular weight is 226 g/mol. The summed E-state index contributed by atoms with van der Waals surface area (Å²) >= 11 is 0. The minimum Gasteiger partial charge on any atom is -0.315 e. The molecule has 1 saturated heterocycles. The lowest BCUT2D eigenvalue weighted by Crippen LogP contribution is -2.58. The maximum absolute atomic E-state index is 3.62. The van der Waals surface area contributed by atoms with Gasteiger partial charge in [-0.2, -0.15) is 0 Å². The second-order valence-electron chi connectivity index (χ2n) is 5.89. The second kappa shape index (κ2) is 6.02. The molecule has 0 saturated carbocycles. The zero-order valence-corrected chi connectivity index (χ0v) is 11.8. The van der Waals surface area contributed by atoms with Gasteiger partial charge in [-0.3, -0.25) is 4.90 Å². The van der Waals surface area contributed by atoms with Gasteiger partial charge < -0.3 is 5.32 Å². The van der Waals surface area contributed by atoms with Gasteiger partial charge in [-0.1, -0.05) is 20.3 Å². The van der Waals surface area contributed by atoms with E-state index in [-0.39, 0.29) is 0 Å². The quantitative estimate of drug-likeness (QED) is 0.725. The van der Waals surface area contributed by atoms with E-state index in [1.807, 2.05) is 0 Å². The number of hydrogen-bond acceptors (Lipinski definition) is 2. The highest BCUT2D eigenvalue weighted by Gasteiger charge is 2.38. The van der Waals surface area contributed by atoms with Crippen LogP contribution in [-0.2, 0) is 0 Å². The van der Waals surface area contributed by atoms with Crippen LogP contribution in [-0.4, -0.2) is 36.6 Å². The van der Waals surface area contributed by atoms with Crippen LogP contribution in [0.15, 0.2) is 0 Å². The molecule has 3 atom stereocenters. The van der Waals surface area contributed by atoms with Crippen molar-refractivity contribution in [2.75, 3.05) is 20.1 Å². The molecule has 16 heavy (non-hydrogen) atoms. The summed E-state index contributed by atoms with van der Waals surface area (Å²) in [5.41, 5.74) is 0.361. The van der Waals surface area contributed by atoms with Crippen molar-refractivity contribution in [3.63, 3.8) is 0 Å². The molecule has 0 radical (unpaired) electrons. The average Bonchev–Trinajstić information content (AvgIpc) is 2.28. The Balaban J connectivity index is 2.43. The lowest BCUT2D eigenvalue weighted by atomic mass is 9.80. The molecule has 1 unspecified atom stereocenters. The van der Waals surface area contributed by atoms with E-state index in [1.54, 1.807) is 0 Å². The van der Waals surface area contributed by atoms with E-state index in [2.05, 4.69) is 45.0 Å². The summed E-state index contributed by atoms with van der Waals surface area (Å²) in [5.74, 6) is 0.841. The molecular formula is C14H30N2. The molecule has 0 amide bonds. The first kappa shape index (κ1) is 14.0. The Hall–Kier alpha value is -0.0800. The zero-order valence-electron chi connectivity index (χ0n) is 11.8. The van der Waals surface area contributed by atoms with Crippen LogP contribution in [0, 0.1) is 5.92 Å². The predicted octanol–water partition coefficient (Wildman–Crippen LogP) is 2.89. The Kier molecular flexibility index (Phi) is 5.26. The molecule has 0 aliphatic carbocycles. The first-order valence-electron chi connectivity index (χ1n) is 6.95. The van der Waals surface area contributed by atoms with Crippen molar-refractivity contribution in [2.24, 2.45) is 5.92 Å². The normalized spacial score (nSPS) is 36.6. The van der Waals surface area contributed by atoms with Gasteiger partial charge in [-0.05, 0) is 52.6 Å². The van der Waals surface area contributed by atoms with Crippen molar-refractivity contribution in [2.45, 2.75) is 65.0 Å². The fourth-order valence-electron chi connectivity index (χ4n) is 2.70. The van der Waals surface area contributed by atoms with Gasteiger partial charge >= 0.3 is 0 Å². The van der Waals surface area contributed by atoms with Crippen LogP contribution in [0.1, 0.15) is 53.4 Å². The smallest absolute Gasteiger partial charge is 0.0305 e. The highest BCUT2D eigenvalue weighted by Crippen LogP contribution is 2.33. The molecular weight excluding hydrogens is 196 g/mol. The SMILES string of the molecule is CCCCNCC1(C)CC[C@@H](C)[C@@H](C)N1C. The van der Waals surface area contributed by atoms with Gasteiger partial charge in [-0.25, -0.2) is 0 Å². The molecule has 2 heteroatoms. The number of nitrogens with zero attached hydrogens (tertiary/aromatic N) is 1. The van der Waals surface area contributed by atoms with Gasteiger partial charge in [-0.15, -0.1) is 0 Å². The van der Waals surface area contributed by atoms with E-state index in [9.17, 15) is 0 Å². The van der Waals surface area contributed by atoms with E-state index < -0.39 is 0 Å². The summed E-state index contributed by atoms with van der Waals surface area (Å²) in [6, 6.07) is 0.715. The van der Waals surface area contributed by atoms with Crippen molar-refractivity contribution < 1.29 is 0 Å². The largest absolute Gasteiger partial charge is 0.315 e. The Bertz CT molecular complexity index is 205. The minimum absolute atomic E-state index is 0.361. The van der Waals surface area contributed by atoms with Crippen LogP contribution in [0.4, 0.5) is 0 Å². The summed E-state index contributed by atoms with van der Waals surface area (Å²) in [7, 11) is 2.29. The summed E-state index contributed by atoms with van der Waals surface area (Å²) in [4.78, 5) is 2.58. The number of piperidine rings is 1. The lowest BCUT2D eigenvalue weighted by Gasteiger charge is -2.49. The summed E-state index contributed by atoms with van der Waals surface area (Å²) in [6.07, 6.45) is 5.28. The topological polar surface area (TPSA) is 15.3 Å². The second-order valence-corrected chi connectivity index (χ2v) is 5.89. The highest BCUT2D eigenvalue weighted by atomic mass is 15.2. The van der Waals surface area contributed by atoms with E-state index in [1.165, 1.54) is 32.2 Å². The van der Waals surface area contributed by atoms with E-state index in [0.717, 1.165) is 12.5 Å². The zero-order chi connectivity index (χ0) is 12.2. The molecule has 1 fully saturated rings. The summed E-state index contributed by atoms with van der Waals surface area (Å²) < 4.78 is 0. The van der Waals surface area contributed by atoms with Crippen molar-refractivity contribution in [1.82, 2.24) is 10.2 Å². The van der Waals surface area contributed by atoms with E-state index in [0.29, 0.717) is 11.6 Å². The minimum atomic E-state index is 0.361. The fourth-order valence-corrected chi connectivity index (χ4v) is 2.70. The molecule has 1 heterocycles. The Labute approximate surface area is 102 Å². The predicted molar refractivity (Wildman–Crippen MR) is 71.8 cm³/mol. The van der Waals surface area contributed by atoms with Gasteiger partial charge in [0.15, 0.2) is 0 Å². The van der Waals surface area contributed by atoms with Gasteiger partial charge in [0.2, 0.25) is 0 Å². The van der Waals surface area contributed by atoms with E-state index >= 15 is 0 Å². The van der Waals surface area contributed by atoms with E-state index in [4.69, 9.17) is 0 Å². The van der Waals surface area contributed by atoms with Gasteiger partial charge in [0.1, 0.15) is 0 Å². The molecule has 0 bridgehead atoms. The summed E-state index contributed by atoms with van der Waals surface area (Å²) in [5, 5.41) is 3.62. The first-order chi connectivity index (χ1) is 7.51. The molecule has 1 aliphatic heterocycles. The number of nitrogens with one attached hydrogen (secondary N) is 1. The third-order valence-corrected chi connectivity index (χ3v) is 4.64. The van der Waals surface area contributed by atoms with Crippen LogP contribution in [0.2, 0.25) is 0 Å². The standard InChI is InChI=1S/C14H30N2/c1-6-7-10-15-11-14(4)9-8-12(2)13(3)16(14)5/h12-13,15H,6-11H2,1-5H3/t12-,13-,14?/m1/s1. The molecule has 0 spiro atoms. The number of likely N-dealkylation sites (tertiary alicyclic amines) is 1. The van der Waals surface area contributed by atoms with Gasteiger partial charge in [0, 0.05) is 18.1 Å². The van der Waals surface area contributed by atoms with Crippen molar-refractivity contribution in [3.8, 4) is 0 Å². The van der Waals surface area contributed by atoms with Gasteiger partial charge in [0.05, 0.1) is 0 Å². The molecule has 0 aromatic heterocycles. The fraction of sp³-hybridized carbons (Fsp3) is 1.00. The Morgan fingerprint density at radius 3 is 2.69 bits per heavy atom. The van der Waals surface area contributed by atoms with Crippen LogP contribution < -0.4 is 5.32 Å². The van der Waals surface area contributed by atoms with Gasteiger partial charge in [0.25, 0.3) is 0 Å². The highest BCUT2D eigenvalue weighted by molar-refractivity contribution is 4.95. The van der Waals surface area contributed by atoms with Crippen LogP contribution in [0.25, 0.3) is 0 Å². The molecule has 1 N–H and O–H groups in total. The van der Waals surface area contributed by atoms with Crippen LogP contribution >= 0.6 is 0 Å². The number of hydrogen-bond donors (Lipinski definition) is 1. The molecule has 0 aromatic rings. The maximum atomic E-state index is 3.62. The Morgan fingerprint density at radius 2 is 2.06 bits per heavy atom. The third-order valence-electron chi connectivity index (χ3n) is 4.64. The number of rotatable bonds is 5. The first-order valence-corrected chi connectivity index (χ1v) is 6.95. The van der Waals surface area contributed by atoms with Crippen molar-refractivity contribution in [3.05, 3.63) is 0 Å². The van der Waals surface area contributed by atoms with Crippen LogP contribution in [0.3, 0.4) is 0 Å². The van der Waals surface area contributed by atoms with Crippen molar-refractivity contribution >= 4 is 0 Å². The molecule has 0 aromatic carbocycles. The molecule has 96 valence electrons. The monoisotopic (exact) mass is 226 g/mol. The molecule has 1 rings (SSSR count). The van der Waals surface area contributed by atoms with Crippen molar-refractivity contribution in [1.29, 1.82) is 0 Å².